The lowest BCUT2D eigenvalue weighted by molar-refractivity contribution is 0.415. The fourth-order valence-corrected chi connectivity index (χ4v) is 3.90. The third-order valence-electron chi connectivity index (χ3n) is 4.10. The van der Waals surface area contributed by atoms with Crippen molar-refractivity contribution in [3.05, 3.63) is 45.9 Å². The van der Waals surface area contributed by atoms with Crippen molar-refractivity contribution >= 4 is 26.7 Å². The predicted octanol–water partition coefficient (Wildman–Crippen LogP) is 2.36. The van der Waals surface area contributed by atoms with Gasteiger partial charge in [-0.2, -0.15) is 5.10 Å². The van der Waals surface area contributed by atoms with Crippen LogP contribution in [-0.4, -0.2) is 28.3 Å². The zero-order valence-corrected chi connectivity index (χ0v) is 13.4. The first-order chi connectivity index (χ1) is 11.2. The predicted molar refractivity (Wildman–Crippen MR) is 90.5 cm³/mol. The minimum atomic E-state index is -0.142. The van der Waals surface area contributed by atoms with Crippen molar-refractivity contribution in [2.24, 2.45) is 0 Å². The Kier molecular flexibility index (Phi) is 3.49. The second-order valence-corrected chi connectivity index (χ2v) is 6.67. The van der Waals surface area contributed by atoms with Crippen molar-refractivity contribution in [1.29, 1.82) is 0 Å². The van der Waals surface area contributed by atoms with Crippen LogP contribution >= 0.6 is 11.3 Å². The molecule has 2 N–H and O–H groups in total. The summed E-state index contributed by atoms with van der Waals surface area (Å²) in [6.07, 6.45) is 2.64. The summed E-state index contributed by atoms with van der Waals surface area (Å²) < 4.78 is 6.35. The third kappa shape index (κ3) is 2.79. The molecule has 2 aromatic heterocycles. The van der Waals surface area contributed by atoms with Gasteiger partial charge in [0.1, 0.15) is 5.75 Å². The Morgan fingerprint density at radius 2 is 2.30 bits per heavy atom. The van der Waals surface area contributed by atoms with Crippen LogP contribution in [0.15, 0.2) is 29.1 Å². The summed E-state index contributed by atoms with van der Waals surface area (Å²) in [6.45, 7) is 0. The van der Waals surface area contributed by atoms with Gasteiger partial charge in [-0.25, -0.2) is 10.1 Å². The number of nitrogens with one attached hydrogen (secondary N) is 2. The number of anilines is 1. The molecular formula is C16H16N4O2S. The first-order valence-electron chi connectivity index (χ1n) is 7.50. The fourth-order valence-electron chi connectivity index (χ4n) is 2.93. The van der Waals surface area contributed by atoms with Crippen LogP contribution in [0.4, 0.5) is 5.13 Å². The number of thiazole rings is 1. The summed E-state index contributed by atoms with van der Waals surface area (Å²) in [5, 5.41) is 11.0. The second kappa shape index (κ2) is 5.66. The van der Waals surface area contributed by atoms with Gasteiger partial charge in [0.15, 0.2) is 5.13 Å². The number of benzene rings is 1. The zero-order valence-electron chi connectivity index (χ0n) is 12.6. The first-order valence-corrected chi connectivity index (χ1v) is 8.31. The molecular weight excluding hydrogens is 312 g/mol. The molecule has 0 bridgehead atoms. The first kappa shape index (κ1) is 14.2. The number of hydrogen-bond acceptors (Lipinski definition) is 6. The summed E-state index contributed by atoms with van der Waals surface area (Å²) in [5.74, 6) is 0.838. The van der Waals surface area contributed by atoms with Crippen molar-refractivity contribution in [1.82, 2.24) is 15.2 Å². The van der Waals surface area contributed by atoms with Crippen LogP contribution in [-0.2, 0) is 12.8 Å². The number of aromatic nitrogens is 3. The van der Waals surface area contributed by atoms with Gasteiger partial charge in [-0.15, -0.1) is 0 Å². The number of rotatable bonds is 3. The van der Waals surface area contributed by atoms with E-state index in [1.165, 1.54) is 0 Å². The lowest BCUT2D eigenvalue weighted by Crippen LogP contribution is -2.29. The monoisotopic (exact) mass is 328 g/mol. The SMILES string of the molecule is COc1ccc2nc(NC3CCc4n[nH]c(=O)cc4C3)sc2c1. The molecule has 1 aliphatic rings. The smallest absolute Gasteiger partial charge is 0.264 e. The van der Waals surface area contributed by atoms with Gasteiger partial charge in [0.05, 0.1) is 23.0 Å². The van der Waals surface area contributed by atoms with Crippen LogP contribution in [0.5, 0.6) is 5.75 Å². The van der Waals surface area contributed by atoms with Gasteiger partial charge in [0.2, 0.25) is 0 Å². The Balaban J connectivity index is 1.55. The molecule has 118 valence electrons. The van der Waals surface area contributed by atoms with E-state index in [4.69, 9.17) is 4.74 Å². The van der Waals surface area contributed by atoms with E-state index in [2.05, 4.69) is 20.5 Å². The van der Waals surface area contributed by atoms with Gasteiger partial charge in [-0.3, -0.25) is 4.79 Å². The van der Waals surface area contributed by atoms with Gasteiger partial charge >= 0.3 is 0 Å². The molecule has 1 atom stereocenters. The van der Waals surface area contributed by atoms with Crippen molar-refractivity contribution in [3.8, 4) is 5.75 Å². The number of H-pyrrole nitrogens is 1. The number of hydrogen-bond donors (Lipinski definition) is 2. The molecule has 0 spiro atoms. The molecule has 0 fully saturated rings. The van der Waals surface area contributed by atoms with E-state index in [0.29, 0.717) is 0 Å². The van der Waals surface area contributed by atoms with Gasteiger partial charge < -0.3 is 10.1 Å². The average molecular weight is 328 g/mol. The molecule has 0 saturated carbocycles. The lowest BCUT2D eigenvalue weighted by Gasteiger charge is -2.23. The van der Waals surface area contributed by atoms with Crippen molar-refractivity contribution in [3.63, 3.8) is 0 Å². The van der Waals surface area contributed by atoms with Gasteiger partial charge in [-0.05, 0) is 43.0 Å². The van der Waals surface area contributed by atoms with Crippen LogP contribution in [0.2, 0.25) is 0 Å². The molecule has 1 aromatic carbocycles. The van der Waals surface area contributed by atoms with Crippen molar-refractivity contribution < 1.29 is 4.74 Å². The number of aromatic amines is 1. The average Bonchev–Trinajstić information content (AvgIpc) is 2.95. The molecule has 6 nitrogen and oxygen atoms in total. The topological polar surface area (TPSA) is 79.9 Å². The highest BCUT2D eigenvalue weighted by atomic mass is 32.1. The van der Waals surface area contributed by atoms with E-state index >= 15 is 0 Å². The number of fused-ring (bicyclic) bond motifs is 2. The van der Waals surface area contributed by atoms with E-state index in [1.807, 2.05) is 18.2 Å². The Labute approximate surface area is 136 Å². The van der Waals surface area contributed by atoms with Crippen LogP contribution < -0.4 is 15.6 Å². The summed E-state index contributed by atoms with van der Waals surface area (Å²) in [5.41, 5.74) is 2.85. The molecule has 4 rings (SSSR count). The Morgan fingerprint density at radius 1 is 1.39 bits per heavy atom. The summed E-state index contributed by atoms with van der Waals surface area (Å²) in [4.78, 5) is 16.0. The quantitative estimate of drug-likeness (QED) is 0.771. The molecule has 23 heavy (non-hydrogen) atoms. The van der Waals surface area contributed by atoms with Crippen LogP contribution in [0.3, 0.4) is 0 Å². The van der Waals surface area contributed by atoms with Crippen molar-refractivity contribution in [2.45, 2.75) is 25.3 Å². The second-order valence-electron chi connectivity index (χ2n) is 5.64. The number of ether oxygens (including phenoxy) is 1. The third-order valence-corrected chi connectivity index (χ3v) is 5.05. The van der Waals surface area contributed by atoms with E-state index in [9.17, 15) is 4.79 Å². The molecule has 3 aromatic rings. The fraction of sp³-hybridized carbons (Fsp3) is 0.312. The number of nitrogens with zero attached hydrogens (tertiary/aromatic N) is 2. The Hall–Kier alpha value is -2.41. The largest absolute Gasteiger partial charge is 0.497 e. The minimum Gasteiger partial charge on any atom is -0.497 e. The van der Waals surface area contributed by atoms with Crippen molar-refractivity contribution in [2.75, 3.05) is 12.4 Å². The molecule has 1 unspecified atom stereocenters. The maximum atomic E-state index is 11.4. The van der Waals surface area contributed by atoms with E-state index in [0.717, 1.165) is 51.6 Å². The molecule has 2 heterocycles. The van der Waals surface area contributed by atoms with Crippen LogP contribution in [0.1, 0.15) is 17.7 Å². The normalized spacial score (nSPS) is 17.0. The number of aryl methyl sites for hydroxylation is 1. The molecule has 0 saturated heterocycles. The van der Waals surface area contributed by atoms with Gasteiger partial charge in [0, 0.05) is 12.1 Å². The van der Waals surface area contributed by atoms with E-state index in [1.54, 1.807) is 24.5 Å². The zero-order chi connectivity index (χ0) is 15.8. The number of methoxy groups -OCH3 is 1. The molecule has 7 heteroatoms. The molecule has 0 amide bonds. The van der Waals surface area contributed by atoms with E-state index in [-0.39, 0.29) is 11.6 Å². The molecule has 0 radical (unpaired) electrons. The lowest BCUT2D eigenvalue weighted by atomic mass is 9.92. The van der Waals surface area contributed by atoms with E-state index < -0.39 is 0 Å². The Morgan fingerprint density at radius 3 is 3.17 bits per heavy atom. The highest BCUT2D eigenvalue weighted by molar-refractivity contribution is 7.22. The maximum Gasteiger partial charge on any atom is 0.264 e. The van der Waals surface area contributed by atoms with Gasteiger partial charge in [-0.1, -0.05) is 11.3 Å². The highest BCUT2D eigenvalue weighted by Crippen LogP contribution is 2.30. The van der Waals surface area contributed by atoms with Crippen LogP contribution in [0.25, 0.3) is 10.2 Å². The summed E-state index contributed by atoms with van der Waals surface area (Å²) in [6, 6.07) is 7.81. The van der Waals surface area contributed by atoms with Gasteiger partial charge in [0.25, 0.3) is 5.56 Å². The Bertz CT molecular complexity index is 918. The van der Waals surface area contributed by atoms with Crippen LogP contribution in [0, 0.1) is 0 Å². The summed E-state index contributed by atoms with van der Waals surface area (Å²) >= 11 is 1.62. The highest BCUT2D eigenvalue weighted by Gasteiger charge is 2.21. The standard InChI is InChI=1S/C16H16N4O2S/c1-22-11-3-5-13-14(8-11)23-16(18-13)17-10-2-4-12-9(6-10)7-15(21)20-19-12/h3,5,7-8,10H,2,4,6H2,1H3,(H,17,18)(H,20,21). The maximum absolute atomic E-state index is 11.4. The summed E-state index contributed by atoms with van der Waals surface area (Å²) in [7, 11) is 1.66. The molecule has 0 aliphatic heterocycles. The molecule has 1 aliphatic carbocycles. The minimum absolute atomic E-state index is 0.142.